The highest BCUT2D eigenvalue weighted by molar-refractivity contribution is 7.71. The van der Waals surface area contributed by atoms with Crippen LogP contribution in [-0.4, -0.2) is 39.4 Å². The summed E-state index contributed by atoms with van der Waals surface area (Å²) < 4.78 is 1.99. The summed E-state index contributed by atoms with van der Waals surface area (Å²) in [6, 6.07) is 14.4. The number of nitrogens with zero attached hydrogens (tertiary/aromatic N) is 2. The van der Waals surface area contributed by atoms with Gasteiger partial charge in [0.15, 0.2) is 4.77 Å². The number of benzene rings is 2. The summed E-state index contributed by atoms with van der Waals surface area (Å²) >= 11 is 5.34. The number of carbonyl (C=O) groups excluding carboxylic acids is 2. The number of hydrogen-bond donors (Lipinski definition) is 2. The maximum Gasteiger partial charge on any atom is 0.262 e. The van der Waals surface area contributed by atoms with Crippen LogP contribution in [0.2, 0.25) is 0 Å². The quantitative estimate of drug-likeness (QED) is 0.334. The van der Waals surface area contributed by atoms with E-state index in [-0.39, 0.29) is 17.4 Å². The van der Waals surface area contributed by atoms with E-state index in [0.717, 1.165) is 18.4 Å². The Bertz CT molecular complexity index is 1240. The van der Waals surface area contributed by atoms with E-state index < -0.39 is 0 Å². The van der Waals surface area contributed by atoms with Gasteiger partial charge >= 0.3 is 0 Å². The molecule has 33 heavy (non-hydrogen) atoms. The summed E-state index contributed by atoms with van der Waals surface area (Å²) in [5.41, 5.74) is 1.83. The third-order valence-corrected chi connectivity index (χ3v) is 5.94. The fourth-order valence-electron chi connectivity index (χ4n) is 3.78. The van der Waals surface area contributed by atoms with Gasteiger partial charge in [0.05, 0.1) is 10.9 Å². The van der Waals surface area contributed by atoms with Gasteiger partial charge in [-0.3, -0.25) is 19.0 Å². The van der Waals surface area contributed by atoms with Crippen molar-refractivity contribution in [1.82, 2.24) is 14.5 Å². The van der Waals surface area contributed by atoms with Crippen molar-refractivity contribution in [2.24, 2.45) is 0 Å². The SMILES string of the molecule is CCN(CC)C(=O)c1cccc(NC(=O)CCCCCn2c(=S)[nH]c3ccccc3c2=O)c1. The Balaban J connectivity index is 1.49. The van der Waals surface area contributed by atoms with Crippen LogP contribution < -0.4 is 10.9 Å². The highest BCUT2D eigenvalue weighted by Crippen LogP contribution is 2.14. The van der Waals surface area contributed by atoms with Crippen LogP contribution in [0.5, 0.6) is 0 Å². The number of rotatable bonds is 10. The van der Waals surface area contributed by atoms with Crippen LogP contribution in [0.4, 0.5) is 5.69 Å². The molecule has 0 aliphatic carbocycles. The number of unbranched alkanes of at least 4 members (excludes halogenated alkanes) is 2. The Morgan fingerprint density at radius 1 is 1.03 bits per heavy atom. The van der Waals surface area contributed by atoms with E-state index in [1.54, 1.807) is 39.8 Å². The van der Waals surface area contributed by atoms with Crippen molar-refractivity contribution in [3.05, 3.63) is 69.2 Å². The molecule has 0 unspecified atom stereocenters. The minimum atomic E-state index is -0.0948. The lowest BCUT2D eigenvalue weighted by Crippen LogP contribution is -2.30. The van der Waals surface area contributed by atoms with Crippen LogP contribution in [0.1, 0.15) is 49.9 Å². The summed E-state index contributed by atoms with van der Waals surface area (Å²) in [7, 11) is 0. The predicted molar refractivity (Wildman–Crippen MR) is 134 cm³/mol. The predicted octanol–water partition coefficient (Wildman–Crippen LogP) is 4.74. The molecule has 0 aliphatic rings. The molecular formula is C25H30N4O3S. The minimum absolute atomic E-state index is 0.0432. The second kappa shape index (κ2) is 11.6. The normalized spacial score (nSPS) is 10.8. The first-order valence-electron chi connectivity index (χ1n) is 11.4. The van der Waals surface area contributed by atoms with Crippen molar-refractivity contribution in [1.29, 1.82) is 0 Å². The molecule has 3 rings (SSSR count). The Kier molecular flexibility index (Phi) is 8.54. The number of hydrogen-bond acceptors (Lipinski definition) is 4. The molecule has 2 aromatic carbocycles. The smallest absolute Gasteiger partial charge is 0.262 e. The van der Waals surface area contributed by atoms with Gasteiger partial charge in [0.1, 0.15) is 0 Å². The molecule has 1 aromatic heterocycles. The van der Waals surface area contributed by atoms with Crippen LogP contribution in [-0.2, 0) is 11.3 Å². The zero-order valence-corrected chi connectivity index (χ0v) is 19.9. The summed E-state index contributed by atoms with van der Waals surface area (Å²) in [5.74, 6) is -0.138. The molecule has 2 amide bonds. The molecule has 0 spiro atoms. The topological polar surface area (TPSA) is 87.2 Å². The fourth-order valence-corrected chi connectivity index (χ4v) is 4.07. The van der Waals surface area contributed by atoms with E-state index in [9.17, 15) is 14.4 Å². The maximum atomic E-state index is 12.7. The zero-order valence-electron chi connectivity index (χ0n) is 19.1. The lowest BCUT2D eigenvalue weighted by Gasteiger charge is -2.19. The first-order chi connectivity index (χ1) is 15.9. The summed E-state index contributed by atoms with van der Waals surface area (Å²) in [5, 5.41) is 3.49. The minimum Gasteiger partial charge on any atom is -0.339 e. The molecule has 8 heteroatoms. The van der Waals surface area contributed by atoms with Gasteiger partial charge in [-0.1, -0.05) is 24.6 Å². The molecule has 0 saturated heterocycles. The van der Waals surface area contributed by atoms with Gasteiger partial charge in [-0.05, 0) is 69.2 Å². The average molecular weight is 467 g/mol. The van der Waals surface area contributed by atoms with E-state index in [2.05, 4.69) is 10.3 Å². The number of para-hydroxylation sites is 1. The van der Waals surface area contributed by atoms with Crippen LogP contribution in [0.15, 0.2) is 53.3 Å². The first kappa shape index (κ1) is 24.4. The van der Waals surface area contributed by atoms with Crippen LogP contribution in [0.3, 0.4) is 0 Å². The van der Waals surface area contributed by atoms with Gasteiger partial charge in [-0.25, -0.2) is 0 Å². The van der Waals surface area contributed by atoms with Crippen molar-refractivity contribution in [3.8, 4) is 0 Å². The lowest BCUT2D eigenvalue weighted by molar-refractivity contribution is -0.116. The molecule has 0 saturated carbocycles. The molecule has 0 fully saturated rings. The Hall–Kier alpha value is -3.26. The van der Waals surface area contributed by atoms with E-state index in [0.29, 0.717) is 53.9 Å². The van der Waals surface area contributed by atoms with E-state index in [1.807, 2.05) is 32.0 Å². The van der Waals surface area contributed by atoms with Gasteiger partial charge in [0.2, 0.25) is 5.91 Å². The number of H-pyrrole nitrogens is 1. The van der Waals surface area contributed by atoms with E-state index in [1.165, 1.54) is 0 Å². The number of aromatic amines is 1. The average Bonchev–Trinajstić information content (AvgIpc) is 2.81. The second-order valence-electron chi connectivity index (χ2n) is 7.85. The number of aromatic nitrogens is 2. The van der Waals surface area contributed by atoms with Gasteiger partial charge in [-0.15, -0.1) is 0 Å². The number of carbonyl (C=O) groups is 2. The molecule has 174 valence electrons. The zero-order chi connectivity index (χ0) is 23.8. The molecule has 0 aliphatic heterocycles. The van der Waals surface area contributed by atoms with E-state index in [4.69, 9.17) is 12.2 Å². The van der Waals surface area contributed by atoms with Crippen LogP contribution >= 0.6 is 12.2 Å². The third-order valence-electron chi connectivity index (χ3n) is 5.62. The van der Waals surface area contributed by atoms with Crippen molar-refractivity contribution in [2.45, 2.75) is 46.1 Å². The van der Waals surface area contributed by atoms with Gasteiger partial charge in [-0.2, -0.15) is 0 Å². The largest absolute Gasteiger partial charge is 0.339 e. The molecule has 0 radical (unpaired) electrons. The number of nitrogens with one attached hydrogen (secondary N) is 2. The van der Waals surface area contributed by atoms with E-state index >= 15 is 0 Å². The van der Waals surface area contributed by atoms with Crippen LogP contribution in [0, 0.1) is 4.77 Å². The molecule has 2 N–H and O–H groups in total. The Morgan fingerprint density at radius 2 is 1.79 bits per heavy atom. The fraction of sp³-hybridized carbons (Fsp3) is 0.360. The number of amides is 2. The molecule has 7 nitrogen and oxygen atoms in total. The van der Waals surface area contributed by atoms with Gasteiger partial charge < -0.3 is 15.2 Å². The first-order valence-corrected chi connectivity index (χ1v) is 11.8. The van der Waals surface area contributed by atoms with Crippen molar-refractivity contribution in [2.75, 3.05) is 18.4 Å². The number of anilines is 1. The Morgan fingerprint density at radius 3 is 2.55 bits per heavy atom. The van der Waals surface area contributed by atoms with Gasteiger partial charge in [0, 0.05) is 37.3 Å². The molecule has 1 heterocycles. The van der Waals surface area contributed by atoms with Crippen LogP contribution in [0.25, 0.3) is 10.9 Å². The molecule has 0 bridgehead atoms. The summed E-state index contributed by atoms with van der Waals surface area (Å²) in [6.45, 7) is 5.68. The highest BCUT2D eigenvalue weighted by Gasteiger charge is 2.13. The lowest BCUT2D eigenvalue weighted by atomic mass is 10.1. The van der Waals surface area contributed by atoms with Gasteiger partial charge in [0.25, 0.3) is 11.5 Å². The third kappa shape index (κ3) is 6.16. The standard InChI is InChI=1S/C25H30N4O3S/c1-3-28(4-2)23(31)18-11-10-12-19(17-18)26-22(30)15-6-5-9-16-29-24(32)20-13-7-8-14-21(20)27-25(29)33/h7-8,10-14,17H,3-6,9,15-16H2,1-2H3,(H,26,30)(H,27,33). The highest BCUT2D eigenvalue weighted by atomic mass is 32.1. The van der Waals surface area contributed by atoms with Crippen molar-refractivity contribution < 1.29 is 9.59 Å². The summed E-state index contributed by atoms with van der Waals surface area (Å²) in [6.07, 6.45) is 2.61. The van der Waals surface area contributed by atoms with Crippen molar-refractivity contribution in [3.63, 3.8) is 0 Å². The monoisotopic (exact) mass is 466 g/mol. The molecule has 3 aromatic rings. The summed E-state index contributed by atoms with van der Waals surface area (Å²) in [4.78, 5) is 42.4. The molecular weight excluding hydrogens is 436 g/mol. The van der Waals surface area contributed by atoms with Crippen molar-refractivity contribution >= 4 is 40.6 Å². The Labute approximate surface area is 198 Å². The second-order valence-corrected chi connectivity index (χ2v) is 8.24. The number of fused-ring (bicyclic) bond motifs is 1. The molecule has 0 atom stereocenters. The maximum absolute atomic E-state index is 12.7.